The molecule has 1 aromatic rings. The normalized spacial score (nSPS) is 8.40. The van der Waals surface area contributed by atoms with Gasteiger partial charge in [-0.15, -0.1) is 0 Å². The molecule has 0 aliphatic rings. The van der Waals surface area contributed by atoms with Crippen LogP contribution in [0.25, 0.3) is 0 Å². The van der Waals surface area contributed by atoms with E-state index >= 15 is 0 Å². The Morgan fingerprint density at radius 3 is 2.80 bits per heavy atom. The Balaban J connectivity index is 2.50. The predicted molar refractivity (Wildman–Crippen MR) is 36.9 cm³/mol. The van der Waals surface area contributed by atoms with E-state index in [-0.39, 0.29) is 0 Å². The molecule has 1 N–H and O–H groups in total. The first-order valence-corrected chi connectivity index (χ1v) is 2.73. The third kappa shape index (κ3) is 1.74. The van der Waals surface area contributed by atoms with Crippen LogP contribution in [0.1, 0.15) is 0 Å². The van der Waals surface area contributed by atoms with E-state index in [1.807, 2.05) is 0 Å². The number of hydrogen-bond donors (Lipinski definition) is 1. The van der Waals surface area contributed by atoms with Gasteiger partial charge in [-0.3, -0.25) is 0 Å². The van der Waals surface area contributed by atoms with Crippen molar-refractivity contribution in [3.63, 3.8) is 0 Å². The molecule has 0 spiro atoms. The SMILES string of the molecule is C=CONc1ncccn1. The molecule has 0 aromatic carbocycles. The lowest BCUT2D eigenvalue weighted by atomic mass is 10.7. The van der Waals surface area contributed by atoms with Crippen LogP contribution in [0.5, 0.6) is 0 Å². The quantitative estimate of drug-likeness (QED) is 0.498. The highest BCUT2D eigenvalue weighted by molar-refractivity contribution is 5.17. The number of anilines is 1. The Kier molecular flexibility index (Phi) is 2.25. The summed E-state index contributed by atoms with van der Waals surface area (Å²) in [4.78, 5) is 12.3. The van der Waals surface area contributed by atoms with Gasteiger partial charge in [0.1, 0.15) is 6.26 Å². The molecule has 0 saturated heterocycles. The first kappa shape index (κ1) is 6.54. The van der Waals surface area contributed by atoms with Crippen molar-refractivity contribution in [1.82, 2.24) is 9.97 Å². The standard InChI is InChI=1S/C6H7N3O/c1-2-10-9-6-7-4-3-5-8-6/h2-5H,1H2,(H,7,8,9). The van der Waals surface area contributed by atoms with Crippen LogP contribution in [-0.4, -0.2) is 9.97 Å². The fraction of sp³-hybridized carbons (Fsp3) is 0. The highest BCUT2D eigenvalue weighted by atomic mass is 16.6. The smallest absolute Gasteiger partial charge is 0.256 e. The van der Waals surface area contributed by atoms with E-state index in [9.17, 15) is 0 Å². The second-order valence-corrected chi connectivity index (χ2v) is 1.46. The summed E-state index contributed by atoms with van der Waals surface area (Å²) in [5.74, 6) is 0.419. The van der Waals surface area contributed by atoms with Crippen molar-refractivity contribution in [2.24, 2.45) is 0 Å². The molecule has 0 aliphatic heterocycles. The number of nitrogens with one attached hydrogen (secondary N) is 1. The summed E-state index contributed by atoms with van der Waals surface area (Å²) in [6.45, 7) is 3.34. The van der Waals surface area contributed by atoms with E-state index in [0.29, 0.717) is 5.95 Å². The minimum Gasteiger partial charge on any atom is -0.388 e. The molecule has 4 nitrogen and oxygen atoms in total. The largest absolute Gasteiger partial charge is 0.388 e. The second kappa shape index (κ2) is 3.45. The minimum absolute atomic E-state index is 0.419. The molecule has 0 fully saturated rings. The van der Waals surface area contributed by atoms with Crippen LogP contribution in [0.3, 0.4) is 0 Å². The molecule has 1 rings (SSSR count). The van der Waals surface area contributed by atoms with Gasteiger partial charge in [-0.25, -0.2) is 9.97 Å². The number of rotatable bonds is 3. The zero-order valence-corrected chi connectivity index (χ0v) is 5.32. The monoisotopic (exact) mass is 137 g/mol. The molecule has 10 heavy (non-hydrogen) atoms. The third-order valence-corrected chi connectivity index (χ3v) is 0.799. The Morgan fingerprint density at radius 2 is 2.20 bits per heavy atom. The first-order valence-electron chi connectivity index (χ1n) is 2.73. The number of aromatic nitrogens is 2. The average Bonchev–Trinajstić information content (AvgIpc) is 2.03. The fourth-order valence-electron chi connectivity index (χ4n) is 0.446. The molecule has 0 bridgehead atoms. The Morgan fingerprint density at radius 1 is 1.50 bits per heavy atom. The molecule has 0 atom stereocenters. The van der Waals surface area contributed by atoms with E-state index < -0.39 is 0 Å². The van der Waals surface area contributed by atoms with E-state index in [4.69, 9.17) is 0 Å². The minimum atomic E-state index is 0.419. The highest BCUT2D eigenvalue weighted by Gasteiger charge is 1.87. The third-order valence-electron chi connectivity index (χ3n) is 0.799. The van der Waals surface area contributed by atoms with Gasteiger partial charge in [0.25, 0.3) is 5.95 Å². The second-order valence-electron chi connectivity index (χ2n) is 1.46. The molecule has 0 amide bonds. The van der Waals surface area contributed by atoms with E-state index in [2.05, 4.69) is 26.9 Å². The zero-order chi connectivity index (χ0) is 7.23. The summed E-state index contributed by atoms with van der Waals surface area (Å²) >= 11 is 0. The molecule has 0 aliphatic carbocycles. The molecule has 1 heterocycles. The van der Waals surface area contributed by atoms with Crippen LogP contribution in [0.4, 0.5) is 5.95 Å². The van der Waals surface area contributed by atoms with Crippen LogP contribution in [0.15, 0.2) is 31.3 Å². The van der Waals surface area contributed by atoms with Gasteiger partial charge in [-0.05, 0) is 6.07 Å². The Hall–Kier alpha value is -1.58. The topological polar surface area (TPSA) is 47.0 Å². The molecular weight excluding hydrogens is 130 g/mol. The van der Waals surface area contributed by atoms with Crippen LogP contribution in [0.2, 0.25) is 0 Å². The number of nitrogens with zero attached hydrogens (tertiary/aromatic N) is 2. The van der Waals surface area contributed by atoms with Gasteiger partial charge in [0.05, 0.1) is 0 Å². The highest BCUT2D eigenvalue weighted by Crippen LogP contribution is 1.92. The maximum Gasteiger partial charge on any atom is 0.256 e. The lowest BCUT2D eigenvalue weighted by molar-refractivity contribution is 0.326. The van der Waals surface area contributed by atoms with Gasteiger partial charge in [0, 0.05) is 12.4 Å². The van der Waals surface area contributed by atoms with Crippen molar-refractivity contribution in [2.45, 2.75) is 0 Å². The van der Waals surface area contributed by atoms with Crippen LogP contribution in [0, 0.1) is 0 Å². The average molecular weight is 137 g/mol. The molecule has 0 unspecified atom stereocenters. The van der Waals surface area contributed by atoms with Gasteiger partial charge in [-0.2, -0.15) is 5.48 Å². The summed E-state index contributed by atoms with van der Waals surface area (Å²) in [6.07, 6.45) is 4.49. The molecule has 0 saturated carbocycles. The van der Waals surface area contributed by atoms with Gasteiger partial charge in [-0.1, -0.05) is 6.58 Å². The first-order chi connectivity index (χ1) is 4.93. The Labute approximate surface area is 58.5 Å². The van der Waals surface area contributed by atoms with Crippen molar-refractivity contribution in [2.75, 3.05) is 5.48 Å². The van der Waals surface area contributed by atoms with Crippen molar-refractivity contribution in [3.8, 4) is 0 Å². The fourth-order valence-corrected chi connectivity index (χ4v) is 0.446. The summed E-state index contributed by atoms with van der Waals surface area (Å²) in [7, 11) is 0. The summed E-state index contributed by atoms with van der Waals surface area (Å²) in [5.41, 5.74) is 2.45. The summed E-state index contributed by atoms with van der Waals surface area (Å²) < 4.78 is 0. The van der Waals surface area contributed by atoms with Gasteiger partial charge < -0.3 is 4.84 Å². The molecule has 0 radical (unpaired) electrons. The lowest BCUT2D eigenvalue weighted by Gasteiger charge is -1.98. The van der Waals surface area contributed by atoms with Crippen molar-refractivity contribution in [3.05, 3.63) is 31.3 Å². The van der Waals surface area contributed by atoms with Crippen LogP contribution < -0.4 is 5.48 Å². The van der Waals surface area contributed by atoms with Crippen LogP contribution in [-0.2, 0) is 4.84 Å². The predicted octanol–water partition coefficient (Wildman–Crippen LogP) is 0.964. The van der Waals surface area contributed by atoms with E-state index in [1.54, 1.807) is 18.5 Å². The molecule has 1 aromatic heterocycles. The molecular formula is C6H7N3O. The van der Waals surface area contributed by atoms with E-state index in [0.717, 1.165) is 0 Å². The van der Waals surface area contributed by atoms with Crippen molar-refractivity contribution >= 4 is 5.95 Å². The van der Waals surface area contributed by atoms with Gasteiger partial charge in [0.2, 0.25) is 0 Å². The maximum atomic E-state index is 4.61. The molecule has 4 heteroatoms. The van der Waals surface area contributed by atoms with Crippen molar-refractivity contribution in [1.29, 1.82) is 0 Å². The number of hydrogen-bond acceptors (Lipinski definition) is 4. The van der Waals surface area contributed by atoms with Crippen molar-refractivity contribution < 1.29 is 4.84 Å². The summed E-state index contributed by atoms with van der Waals surface area (Å²) in [6, 6.07) is 1.72. The lowest BCUT2D eigenvalue weighted by Crippen LogP contribution is -1.98. The zero-order valence-electron chi connectivity index (χ0n) is 5.32. The van der Waals surface area contributed by atoms with Gasteiger partial charge >= 0.3 is 0 Å². The van der Waals surface area contributed by atoms with Gasteiger partial charge in [0.15, 0.2) is 0 Å². The maximum absolute atomic E-state index is 4.61. The van der Waals surface area contributed by atoms with Crippen LogP contribution >= 0.6 is 0 Å². The summed E-state index contributed by atoms with van der Waals surface area (Å²) in [5, 5.41) is 0. The Bertz CT molecular complexity index is 199. The van der Waals surface area contributed by atoms with E-state index in [1.165, 1.54) is 6.26 Å². The molecule has 52 valence electrons.